The maximum Gasteiger partial charge on any atom is 0.254 e. The first-order valence-corrected chi connectivity index (χ1v) is 9.66. The normalized spacial score (nSPS) is 24.7. The zero-order chi connectivity index (χ0) is 16.8. The molecule has 0 spiro atoms. The Labute approximate surface area is 137 Å². The van der Waals surface area contributed by atoms with Gasteiger partial charge in [0, 0.05) is 25.2 Å². The molecule has 0 aliphatic carbocycles. The lowest BCUT2D eigenvalue weighted by Crippen LogP contribution is -2.48. The van der Waals surface area contributed by atoms with Gasteiger partial charge < -0.3 is 9.64 Å². The topological polar surface area (TPSA) is 66.9 Å². The van der Waals surface area contributed by atoms with Gasteiger partial charge in [0.25, 0.3) is 5.91 Å². The number of nitrogens with zero attached hydrogens (tertiary/aromatic N) is 2. The molecule has 0 aromatic heterocycles. The SMILES string of the molecule is CC1CN(C(=O)c2ccc3c(c2)CCN3S(C)(=O)=O)CC(C)O1. The molecule has 1 aromatic rings. The van der Waals surface area contributed by atoms with Gasteiger partial charge in [0.15, 0.2) is 0 Å². The molecule has 0 bridgehead atoms. The number of carbonyl (C=O) groups excluding carboxylic acids is 1. The highest BCUT2D eigenvalue weighted by molar-refractivity contribution is 7.92. The summed E-state index contributed by atoms with van der Waals surface area (Å²) in [4.78, 5) is 14.5. The lowest BCUT2D eigenvalue weighted by atomic mass is 10.1. The Morgan fingerprint density at radius 1 is 1.22 bits per heavy atom. The van der Waals surface area contributed by atoms with Crippen LogP contribution in [0.1, 0.15) is 29.8 Å². The molecule has 0 saturated carbocycles. The first kappa shape index (κ1) is 16.3. The Balaban J connectivity index is 1.84. The van der Waals surface area contributed by atoms with Gasteiger partial charge in [-0.25, -0.2) is 8.42 Å². The van der Waals surface area contributed by atoms with Gasteiger partial charge in [0.05, 0.1) is 24.2 Å². The van der Waals surface area contributed by atoms with Crippen molar-refractivity contribution in [3.05, 3.63) is 29.3 Å². The van der Waals surface area contributed by atoms with E-state index in [0.717, 1.165) is 5.56 Å². The number of amides is 1. The van der Waals surface area contributed by atoms with Gasteiger partial charge in [0.1, 0.15) is 0 Å². The van der Waals surface area contributed by atoms with E-state index in [1.165, 1.54) is 10.6 Å². The third-order valence-corrected chi connectivity index (χ3v) is 5.47. The molecule has 1 amide bonds. The second-order valence-corrected chi connectivity index (χ2v) is 8.30. The Hall–Kier alpha value is -1.60. The second kappa shape index (κ2) is 5.79. The molecule has 2 aliphatic rings. The third-order valence-electron chi connectivity index (χ3n) is 4.29. The molecule has 1 saturated heterocycles. The first-order valence-electron chi connectivity index (χ1n) is 7.81. The average Bonchev–Trinajstić information content (AvgIpc) is 2.88. The zero-order valence-electron chi connectivity index (χ0n) is 13.7. The maximum absolute atomic E-state index is 12.7. The van der Waals surface area contributed by atoms with Crippen molar-refractivity contribution in [1.29, 1.82) is 0 Å². The van der Waals surface area contributed by atoms with Gasteiger partial charge in [-0.1, -0.05) is 0 Å². The number of ether oxygens (including phenoxy) is 1. The zero-order valence-corrected chi connectivity index (χ0v) is 14.5. The smallest absolute Gasteiger partial charge is 0.254 e. The monoisotopic (exact) mass is 338 g/mol. The van der Waals surface area contributed by atoms with Crippen LogP contribution in [-0.4, -0.2) is 57.3 Å². The fourth-order valence-electron chi connectivity index (χ4n) is 3.38. The number of hydrogen-bond acceptors (Lipinski definition) is 4. The summed E-state index contributed by atoms with van der Waals surface area (Å²) < 4.78 is 30.6. The summed E-state index contributed by atoms with van der Waals surface area (Å²) in [6, 6.07) is 5.28. The highest BCUT2D eigenvalue weighted by Gasteiger charge is 2.29. The number of rotatable bonds is 2. The van der Waals surface area contributed by atoms with Crippen LogP contribution in [0.3, 0.4) is 0 Å². The molecular weight excluding hydrogens is 316 g/mol. The minimum atomic E-state index is -3.26. The van der Waals surface area contributed by atoms with E-state index in [4.69, 9.17) is 4.74 Å². The van der Waals surface area contributed by atoms with Crippen LogP contribution in [0.4, 0.5) is 5.69 Å². The van der Waals surface area contributed by atoms with E-state index in [1.54, 1.807) is 12.1 Å². The van der Waals surface area contributed by atoms with Crippen LogP contribution in [0.25, 0.3) is 0 Å². The molecule has 0 radical (unpaired) electrons. The van der Waals surface area contributed by atoms with Crippen LogP contribution in [0.5, 0.6) is 0 Å². The quantitative estimate of drug-likeness (QED) is 0.814. The summed E-state index contributed by atoms with van der Waals surface area (Å²) in [7, 11) is -3.26. The summed E-state index contributed by atoms with van der Waals surface area (Å²) in [6.07, 6.45) is 1.90. The van der Waals surface area contributed by atoms with Gasteiger partial charge in [-0.05, 0) is 44.0 Å². The lowest BCUT2D eigenvalue weighted by molar-refractivity contribution is -0.0586. The summed E-state index contributed by atoms with van der Waals surface area (Å²) >= 11 is 0. The number of hydrogen-bond donors (Lipinski definition) is 0. The Morgan fingerprint density at radius 3 is 2.48 bits per heavy atom. The van der Waals surface area contributed by atoms with Crippen LogP contribution < -0.4 is 4.31 Å². The van der Waals surface area contributed by atoms with Crippen molar-refractivity contribution >= 4 is 21.6 Å². The van der Waals surface area contributed by atoms with Crippen LogP contribution in [0.15, 0.2) is 18.2 Å². The minimum Gasteiger partial charge on any atom is -0.372 e. The van der Waals surface area contributed by atoms with Crippen molar-refractivity contribution in [2.24, 2.45) is 0 Å². The van der Waals surface area contributed by atoms with E-state index in [1.807, 2.05) is 24.8 Å². The molecule has 1 fully saturated rings. The first-order chi connectivity index (χ1) is 10.8. The minimum absolute atomic E-state index is 0.0207. The molecule has 6 nitrogen and oxygen atoms in total. The number of benzene rings is 1. The molecule has 2 atom stereocenters. The maximum atomic E-state index is 12.7. The lowest BCUT2D eigenvalue weighted by Gasteiger charge is -2.35. The predicted molar refractivity (Wildman–Crippen MR) is 88.2 cm³/mol. The number of sulfonamides is 1. The van der Waals surface area contributed by atoms with Crippen LogP contribution >= 0.6 is 0 Å². The number of morpholine rings is 1. The van der Waals surface area contributed by atoms with Crippen molar-refractivity contribution in [1.82, 2.24) is 4.90 Å². The largest absolute Gasteiger partial charge is 0.372 e. The van der Waals surface area contributed by atoms with Crippen molar-refractivity contribution in [2.75, 3.05) is 30.2 Å². The molecule has 2 unspecified atom stereocenters. The molecule has 2 aliphatic heterocycles. The summed E-state index contributed by atoms with van der Waals surface area (Å²) in [5, 5.41) is 0. The molecule has 1 aromatic carbocycles. The van der Waals surface area contributed by atoms with Crippen molar-refractivity contribution < 1.29 is 17.9 Å². The number of carbonyl (C=O) groups is 1. The highest BCUT2D eigenvalue weighted by Crippen LogP contribution is 2.31. The third kappa shape index (κ3) is 3.21. The summed E-state index contributed by atoms with van der Waals surface area (Å²) in [5.74, 6) is -0.0207. The fraction of sp³-hybridized carbons (Fsp3) is 0.562. The molecule has 3 rings (SSSR count). The van der Waals surface area contributed by atoms with E-state index < -0.39 is 10.0 Å². The van der Waals surface area contributed by atoms with E-state index in [-0.39, 0.29) is 18.1 Å². The Bertz CT molecular complexity index is 722. The van der Waals surface area contributed by atoms with Crippen LogP contribution in [0.2, 0.25) is 0 Å². The van der Waals surface area contributed by atoms with Gasteiger partial charge >= 0.3 is 0 Å². The standard InChI is InChI=1S/C16H22N2O4S/c1-11-9-17(10-12(2)22-11)16(19)14-4-5-15-13(8-14)6-7-18(15)23(3,20)21/h4-5,8,11-12H,6-7,9-10H2,1-3H3. The summed E-state index contributed by atoms with van der Waals surface area (Å²) in [5.41, 5.74) is 2.21. The number of anilines is 1. The molecule has 2 heterocycles. The summed E-state index contributed by atoms with van der Waals surface area (Å²) in [6.45, 7) is 5.52. The fourth-order valence-corrected chi connectivity index (χ4v) is 4.33. The van der Waals surface area contributed by atoms with E-state index in [0.29, 0.717) is 37.3 Å². The van der Waals surface area contributed by atoms with E-state index >= 15 is 0 Å². The molecule has 126 valence electrons. The highest BCUT2D eigenvalue weighted by atomic mass is 32.2. The van der Waals surface area contributed by atoms with Gasteiger partial charge in [-0.2, -0.15) is 0 Å². The number of fused-ring (bicyclic) bond motifs is 1. The predicted octanol–water partition coefficient (Wildman–Crippen LogP) is 1.26. The van der Waals surface area contributed by atoms with E-state index in [9.17, 15) is 13.2 Å². The molecule has 0 N–H and O–H groups in total. The van der Waals surface area contributed by atoms with E-state index in [2.05, 4.69) is 0 Å². The Morgan fingerprint density at radius 2 is 1.87 bits per heavy atom. The van der Waals surface area contributed by atoms with Gasteiger partial charge in [0.2, 0.25) is 10.0 Å². The van der Waals surface area contributed by atoms with Crippen molar-refractivity contribution in [2.45, 2.75) is 32.5 Å². The van der Waals surface area contributed by atoms with Crippen LogP contribution in [-0.2, 0) is 21.2 Å². The van der Waals surface area contributed by atoms with Gasteiger partial charge in [-0.3, -0.25) is 9.10 Å². The Kier molecular flexibility index (Phi) is 4.10. The van der Waals surface area contributed by atoms with Crippen molar-refractivity contribution in [3.63, 3.8) is 0 Å². The molecule has 7 heteroatoms. The molecule has 23 heavy (non-hydrogen) atoms. The average molecular weight is 338 g/mol. The second-order valence-electron chi connectivity index (χ2n) is 6.40. The van der Waals surface area contributed by atoms with Gasteiger partial charge in [-0.15, -0.1) is 0 Å². The molecular formula is C16H22N2O4S. The van der Waals surface area contributed by atoms with Crippen LogP contribution in [0, 0.1) is 0 Å². The van der Waals surface area contributed by atoms with Crippen molar-refractivity contribution in [3.8, 4) is 0 Å².